The first-order chi connectivity index (χ1) is 8.26. The van der Waals surface area contributed by atoms with Gasteiger partial charge in [0.2, 0.25) is 5.76 Å². The van der Waals surface area contributed by atoms with Crippen molar-refractivity contribution in [2.75, 3.05) is 40.9 Å². The molecule has 0 aromatic heterocycles. The number of carbonyl (C=O) groups is 1. The molecule has 0 aliphatic carbocycles. The van der Waals surface area contributed by atoms with Crippen molar-refractivity contribution in [3.8, 4) is 0 Å². The number of cyclic esters (lactones) is 1. The van der Waals surface area contributed by atoms with Gasteiger partial charge in [0.05, 0.1) is 27.7 Å². The lowest BCUT2D eigenvalue weighted by Gasteiger charge is -2.24. The topological polar surface area (TPSA) is 96.2 Å². The van der Waals surface area contributed by atoms with Crippen LogP contribution in [-0.4, -0.2) is 78.9 Å². The van der Waals surface area contributed by atoms with E-state index < -0.39 is 30.5 Å². The zero-order valence-corrected chi connectivity index (χ0v) is 10.8. The van der Waals surface area contributed by atoms with E-state index in [0.717, 1.165) is 0 Å². The number of hydrogen-bond donors (Lipinski definition) is 3. The molecule has 0 saturated heterocycles. The van der Waals surface area contributed by atoms with Gasteiger partial charge in [-0.15, -0.1) is 0 Å². The molecule has 0 unspecified atom stereocenters. The Morgan fingerprint density at radius 1 is 1.44 bits per heavy atom. The first-order valence-corrected chi connectivity index (χ1v) is 5.62. The molecule has 1 aliphatic heterocycles. The van der Waals surface area contributed by atoms with E-state index in [1.165, 1.54) is 0 Å². The van der Waals surface area contributed by atoms with Gasteiger partial charge >= 0.3 is 5.97 Å². The monoisotopic (exact) mass is 262 g/mol. The van der Waals surface area contributed by atoms with E-state index in [1.807, 2.05) is 21.1 Å². The molecule has 0 bridgehead atoms. The van der Waals surface area contributed by atoms with Crippen molar-refractivity contribution >= 4 is 5.97 Å². The molecule has 104 valence electrons. The van der Waals surface area contributed by atoms with E-state index >= 15 is 0 Å². The maximum atomic E-state index is 11.2. The molecule has 1 aliphatic rings. The van der Waals surface area contributed by atoms with Gasteiger partial charge in [-0.1, -0.05) is 0 Å². The minimum Gasteiger partial charge on any atom is -0.499 e. The summed E-state index contributed by atoms with van der Waals surface area (Å²) in [7, 11) is 5.90. The fourth-order valence-electron chi connectivity index (χ4n) is 1.39. The molecule has 1 rings (SSSR count). The third-order valence-corrected chi connectivity index (χ3v) is 2.48. The average molecular weight is 262 g/mol. The van der Waals surface area contributed by atoms with Crippen molar-refractivity contribution in [1.82, 2.24) is 0 Å². The first kappa shape index (κ1) is 14.7. The summed E-state index contributed by atoms with van der Waals surface area (Å²) in [4.78, 5) is 11.2. The predicted molar refractivity (Wildman–Crippen MR) is 61.5 cm³/mol. The van der Waals surface area contributed by atoms with Gasteiger partial charge in [-0.05, 0) is 0 Å². The lowest BCUT2D eigenvalue weighted by Crippen LogP contribution is -2.38. The Balaban J connectivity index is 2.67. The molecule has 1 heterocycles. The maximum Gasteiger partial charge on any atom is 0.378 e. The molecule has 0 saturated carbocycles. The average Bonchev–Trinajstić information content (AvgIpc) is 2.54. The summed E-state index contributed by atoms with van der Waals surface area (Å²) < 4.78 is 10.7. The lowest BCUT2D eigenvalue weighted by atomic mass is 10.2. The van der Waals surface area contributed by atoms with Crippen LogP contribution in [0.15, 0.2) is 11.5 Å². The number of esters is 1. The number of quaternary nitrogens is 1. The van der Waals surface area contributed by atoms with Crippen LogP contribution in [0.5, 0.6) is 0 Å². The molecular formula is C11H20NO6+. The minimum atomic E-state index is -1.31. The Labute approximate surface area is 105 Å². The summed E-state index contributed by atoms with van der Waals surface area (Å²) in [6, 6.07) is 0. The van der Waals surface area contributed by atoms with Crippen molar-refractivity contribution in [2.45, 2.75) is 12.2 Å². The Bertz CT molecular complexity index is 346. The quantitative estimate of drug-likeness (QED) is 0.409. The molecule has 3 N–H and O–H groups in total. The lowest BCUT2D eigenvalue weighted by molar-refractivity contribution is -0.870. The van der Waals surface area contributed by atoms with Crippen molar-refractivity contribution < 1.29 is 34.1 Å². The van der Waals surface area contributed by atoms with Gasteiger partial charge in [0.25, 0.3) is 0 Å². The maximum absolute atomic E-state index is 11.2. The van der Waals surface area contributed by atoms with Crippen molar-refractivity contribution in [1.29, 1.82) is 0 Å². The Kier molecular flexibility index (Phi) is 4.55. The van der Waals surface area contributed by atoms with E-state index in [9.17, 15) is 15.0 Å². The summed E-state index contributed by atoms with van der Waals surface area (Å²) in [6.45, 7) is 0.314. The molecule has 0 spiro atoms. The molecular weight excluding hydrogens is 242 g/mol. The van der Waals surface area contributed by atoms with Crippen LogP contribution in [-0.2, 0) is 14.3 Å². The van der Waals surface area contributed by atoms with E-state index in [1.54, 1.807) is 0 Å². The fraction of sp³-hybridized carbons (Fsp3) is 0.727. The number of nitrogens with zero attached hydrogens (tertiary/aromatic N) is 1. The number of rotatable bonds is 6. The van der Waals surface area contributed by atoms with Crippen LogP contribution < -0.4 is 0 Å². The normalized spacial score (nSPS) is 22.1. The fourth-order valence-corrected chi connectivity index (χ4v) is 1.39. The number of ether oxygens (including phenoxy) is 2. The van der Waals surface area contributed by atoms with Gasteiger partial charge in [0.1, 0.15) is 19.3 Å². The van der Waals surface area contributed by atoms with Crippen molar-refractivity contribution in [2.24, 2.45) is 0 Å². The SMILES string of the molecule is C[N+](C)(C)CCOC1=C(O)C(=O)O[C@@H]1[C@@H](O)CO. The highest BCUT2D eigenvalue weighted by Gasteiger charge is 2.40. The number of aliphatic hydroxyl groups is 3. The molecule has 0 aromatic rings. The second-order valence-corrected chi connectivity index (χ2v) is 5.15. The second kappa shape index (κ2) is 5.55. The highest BCUT2D eigenvalue weighted by Crippen LogP contribution is 2.24. The number of likely N-dealkylation sites (N-methyl/N-ethyl adjacent to an activating group) is 1. The van der Waals surface area contributed by atoms with E-state index in [-0.39, 0.29) is 12.4 Å². The number of hydrogen-bond acceptors (Lipinski definition) is 6. The standard InChI is InChI=1S/C11H19NO6/c1-12(2,3)4-5-17-10-8(15)11(16)18-9(10)7(14)6-13/h7,9,13-14H,4-6H2,1-3H3/p+1/t7-,9+/m0/s1. The molecule has 7 heteroatoms. The van der Waals surface area contributed by atoms with E-state index in [4.69, 9.17) is 14.6 Å². The molecule has 0 radical (unpaired) electrons. The highest BCUT2D eigenvalue weighted by molar-refractivity contribution is 5.89. The molecule has 0 fully saturated rings. The van der Waals surface area contributed by atoms with Gasteiger partial charge < -0.3 is 29.3 Å². The molecule has 2 atom stereocenters. The predicted octanol–water partition coefficient (Wildman–Crippen LogP) is -1.24. The smallest absolute Gasteiger partial charge is 0.378 e. The van der Waals surface area contributed by atoms with Crippen LogP contribution in [0.3, 0.4) is 0 Å². The highest BCUT2D eigenvalue weighted by atomic mass is 16.6. The van der Waals surface area contributed by atoms with Crippen molar-refractivity contribution in [3.05, 3.63) is 11.5 Å². The van der Waals surface area contributed by atoms with Gasteiger partial charge in [0, 0.05) is 0 Å². The van der Waals surface area contributed by atoms with Crippen LogP contribution in [0, 0.1) is 0 Å². The van der Waals surface area contributed by atoms with Gasteiger partial charge in [-0.3, -0.25) is 0 Å². The summed E-state index contributed by atoms with van der Waals surface area (Å²) in [5, 5.41) is 27.8. The minimum absolute atomic E-state index is 0.116. The van der Waals surface area contributed by atoms with Gasteiger partial charge in [-0.25, -0.2) is 4.79 Å². The second-order valence-electron chi connectivity index (χ2n) is 5.15. The third-order valence-electron chi connectivity index (χ3n) is 2.48. The van der Waals surface area contributed by atoms with Crippen LogP contribution in [0.2, 0.25) is 0 Å². The number of aliphatic hydroxyl groups excluding tert-OH is 3. The van der Waals surface area contributed by atoms with Crippen LogP contribution in [0.25, 0.3) is 0 Å². The third kappa shape index (κ3) is 3.59. The summed E-state index contributed by atoms with van der Waals surface area (Å²) >= 11 is 0. The zero-order valence-electron chi connectivity index (χ0n) is 10.8. The largest absolute Gasteiger partial charge is 0.499 e. The number of carbonyl (C=O) groups excluding carboxylic acids is 1. The zero-order chi connectivity index (χ0) is 13.9. The summed E-state index contributed by atoms with van der Waals surface area (Å²) in [6.07, 6.45) is -2.45. The molecule has 0 aromatic carbocycles. The molecule has 0 amide bonds. The van der Waals surface area contributed by atoms with Gasteiger partial charge in [0.15, 0.2) is 11.9 Å². The Morgan fingerprint density at radius 2 is 2.06 bits per heavy atom. The van der Waals surface area contributed by atoms with Crippen LogP contribution in [0.4, 0.5) is 0 Å². The Hall–Kier alpha value is -1.31. The summed E-state index contributed by atoms with van der Waals surface area (Å²) in [5.74, 6) is -1.71. The van der Waals surface area contributed by atoms with E-state index in [0.29, 0.717) is 11.0 Å². The molecule has 7 nitrogen and oxygen atoms in total. The van der Waals surface area contributed by atoms with E-state index in [2.05, 4.69) is 0 Å². The van der Waals surface area contributed by atoms with Gasteiger partial charge in [-0.2, -0.15) is 0 Å². The molecule has 18 heavy (non-hydrogen) atoms. The summed E-state index contributed by atoms with van der Waals surface area (Å²) in [5.41, 5.74) is 0. The van der Waals surface area contributed by atoms with Crippen molar-refractivity contribution in [3.63, 3.8) is 0 Å². The van der Waals surface area contributed by atoms with Crippen LogP contribution >= 0.6 is 0 Å². The first-order valence-electron chi connectivity index (χ1n) is 5.62. The Morgan fingerprint density at radius 3 is 2.56 bits per heavy atom. The van der Waals surface area contributed by atoms with Crippen LogP contribution in [0.1, 0.15) is 0 Å².